The van der Waals surface area contributed by atoms with Crippen molar-refractivity contribution in [2.75, 3.05) is 6.54 Å². The Kier molecular flexibility index (Phi) is 4.78. The predicted molar refractivity (Wildman–Crippen MR) is 80.5 cm³/mol. The minimum Gasteiger partial charge on any atom is -0.444 e. The van der Waals surface area contributed by atoms with Gasteiger partial charge >= 0.3 is 6.09 Å². The number of carbonyl (C=O) groups excluding carboxylic acids is 2. The molecule has 1 aromatic rings. The third-order valence-electron chi connectivity index (χ3n) is 3.89. The van der Waals surface area contributed by atoms with E-state index in [4.69, 9.17) is 4.74 Å². The van der Waals surface area contributed by atoms with E-state index in [0.29, 0.717) is 13.0 Å². The Morgan fingerprint density at radius 3 is 2.81 bits per heavy atom. The summed E-state index contributed by atoms with van der Waals surface area (Å²) in [5.41, 5.74) is 0.371. The summed E-state index contributed by atoms with van der Waals surface area (Å²) in [6.45, 7) is 6.19. The van der Waals surface area contributed by atoms with Gasteiger partial charge in [0.25, 0.3) is 0 Å². The van der Waals surface area contributed by atoms with Crippen molar-refractivity contribution in [3.05, 3.63) is 48.6 Å². The quantitative estimate of drug-likeness (QED) is 0.796. The van der Waals surface area contributed by atoms with Crippen molar-refractivity contribution in [1.29, 1.82) is 0 Å². The van der Waals surface area contributed by atoms with Gasteiger partial charge in [-0.25, -0.2) is 9.69 Å². The fourth-order valence-electron chi connectivity index (χ4n) is 2.64. The minimum atomic E-state index is -0.557. The van der Waals surface area contributed by atoms with Crippen molar-refractivity contribution < 1.29 is 14.3 Å². The van der Waals surface area contributed by atoms with Gasteiger partial charge in [0.15, 0.2) is 0 Å². The maximum atomic E-state index is 12.5. The summed E-state index contributed by atoms with van der Waals surface area (Å²) in [5, 5.41) is 0. The molecule has 0 saturated carbocycles. The summed E-state index contributed by atoms with van der Waals surface area (Å²) in [4.78, 5) is 25.8. The minimum absolute atomic E-state index is 0.160. The molecule has 1 aliphatic heterocycles. The van der Waals surface area contributed by atoms with Gasteiger partial charge in [0, 0.05) is 6.54 Å². The molecule has 0 spiro atoms. The van der Waals surface area contributed by atoms with Crippen LogP contribution in [-0.4, -0.2) is 23.4 Å². The molecule has 4 nitrogen and oxygen atoms in total. The number of allylic oxidation sites excluding steroid dienone is 1. The summed E-state index contributed by atoms with van der Waals surface area (Å²) in [6.07, 6.45) is 3.33. The lowest BCUT2D eigenvalue weighted by Crippen LogP contribution is -2.50. The number of benzene rings is 1. The van der Waals surface area contributed by atoms with Gasteiger partial charge < -0.3 is 4.74 Å². The van der Waals surface area contributed by atoms with Crippen LogP contribution in [0.25, 0.3) is 0 Å². The van der Waals surface area contributed by atoms with E-state index in [9.17, 15) is 9.59 Å². The zero-order chi connectivity index (χ0) is 15.3. The third kappa shape index (κ3) is 3.51. The van der Waals surface area contributed by atoms with Gasteiger partial charge in [0.2, 0.25) is 5.91 Å². The van der Waals surface area contributed by atoms with Crippen LogP contribution in [0.5, 0.6) is 0 Å². The third-order valence-corrected chi connectivity index (χ3v) is 3.89. The van der Waals surface area contributed by atoms with Crippen LogP contribution in [0.4, 0.5) is 4.79 Å². The number of carbonyl (C=O) groups is 2. The van der Waals surface area contributed by atoms with Crippen LogP contribution in [0, 0.1) is 5.41 Å². The Labute approximate surface area is 125 Å². The van der Waals surface area contributed by atoms with Crippen molar-refractivity contribution in [1.82, 2.24) is 4.90 Å². The number of amides is 2. The number of likely N-dealkylation sites (tertiary alicyclic amines) is 1. The molecule has 21 heavy (non-hydrogen) atoms. The van der Waals surface area contributed by atoms with Gasteiger partial charge in [0.1, 0.15) is 6.61 Å². The van der Waals surface area contributed by atoms with Crippen LogP contribution in [0.15, 0.2) is 43.0 Å². The molecule has 1 atom stereocenters. The van der Waals surface area contributed by atoms with E-state index in [1.807, 2.05) is 37.3 Å². The lowest BCUT2D eigenvalue weighted by molar-refractivity contribution is -0.143. The van der Waals surface area contributed by atoms with Crippen LogP contribution in [0.3, 0.4) is 0 Å². The van der Waals surface area contributed by atoms with E-state index in [0.717, 1.165) is 18.4 Å². The Hall–Kier alpha value is -2.10. The molecule has 0 N–H and O–H groups in total. The van der Waals surface area contributed by atoms with Crippen LogP contribution < -0.4 is 0 Å². The highest BCUT2D eigenvalue weighted by atomic mass is 16.6. The first-order valence-electron chi connectivity index (χ1n) is 7.20. The average Bonchev–Trinajstić information content (AvgIpc) is 2.49. The van der Waals surface area contributed by atoms with Crippen LogP contribution in [0.1, 0.15) is 31.7 Å². The summed E-state index contributed by atoms with van der Waals surface area (Å²) in [6, 6.07) is 9.44. The second kappa shape index (κ2) is 6.57. The molecule has 1 heterocycles. The van der Waals surface area contributed by atoms with Crippen molar-refractivity contribution in [2.45, 2.75) is 32.8 Å². The molecule has 0 unspecified atom stereocenters. The highest BCUT2D eigenvalue weighted by Crippen LogP contribution is 2.34. The fraction of sp³-hybridized carbons (Fsp3) is 0.412. The van der Waals surface area contributed by atoms with Crippen molar-refractivity contribution >= 4 is 12.0 Å². The van der Waals surface area contributed by atoms with Crippen molar-refractivity contribution in [2.24, 2.45) is 5.41 Å². The van der Waals surface area contributed by atoms with Crippen LogP contribution in [0.2, 0.25) is 0 Å². The largest absolute Gasteiger partial charge is 0.444 e. The first-order chi connectivity index (χ1) is 10.1. The highest BCUT2D eigenvalue weighted by molar-refractivity contribution is 5.95. The monoisotopic (exact) mass is 287 g/mol. The van der Waals surface area contributed by atoms with Crippen LogP contribution in [-0.2, 0) is 16.1 Å². The van der Waals surface area contributed by atoms with E-state index in [-0.39, 0.29) is 12.5 Å². The molecule has 0 aromatic heterocycles. The fourth-order valence-corrected chi connectivity index (χ4v) is 2.64. The molecule has 0 radical (unpaired) electrons. The van der Waals surface area contributed by atoms with Gasteiger partial charge in [-0.1, -0.05) is 43.3 Å². The van der Waals surface area contributed by atoms with E-state index in [2.05, 4.69) is 6.58 Å². The molecule has 4 heteroatoms. The Bertz CT molecular complexity index is 526. The smallest absolute Gasteiger partial charge is 0.416 e. The maximum absolute atomic E-state index is 12.5. The molecule has 1 fully saturated rings. The van der Waals surface area contributed by atoms with E-state index in [1.165, 1.54) is 4.90 Å². The van der Waals surface area contributed by atoms with E-state index >= 15 is 0 Å². The first-order valence-corrected chi connectivity index (χ1v) is 7.20. The molecule has 2 rings (SSSR count). The van der Waals surface area contributed by atoms with Crippen molar-refractivity contribution in [3.8, 4) is 0 Å². The Morgan fingerprint density at radius 1 is 1.43 bits per heavy atom. The summed E-state index contributed by atoms with van der Waals surface area (Å²) >= 11 is 0. The SMILES string of the molecule is C=CC[C@]1(C)CCCN(C(=O)OCc2ccccc2)C1=O. The van der Waals surface area contributed by atoms with Gasteiger partial charge in [-0.2, -0.15) is 0 Å². The Morgan fingerprint density at radius 2 is 2.14 bits per heavy atom. The predicted octanol–water partition coefficient (Wildman–Crippen LogP) is 3.53. The number of nitrogens with zero attached hydrogens (tertiary/aromatic N) is 1. The average molecular weight is 287 g/mol. The topological polar surface area (TPSA) is 46.6 Å². The van der Waals surface area contributed by atoms with Gasteiger partial charge in [-0.05, 0) is 24.8 Å². The molecule has 1 saturated heterocycles. The van der Waals surface area contributed by atoms with Gasteiger partial charge in [-0.15, -0.1) is 6.58 Å². The normalized spacial score (nSPS) is 22.0. The molecule has 2 amide bonds. The molecule has 0 aliphatic carbocycles. The Balaban J connectivity index is 1.98. The summed E-state index contributed by atoms with van der Waals surface area (Å²) < 4.78 is 5.25. The number of imide groups is 1. The van der Waals surface area contributed by atoms with Gasteiger partial charge in [0.05, 0.1) is 5.41 Å². The standard InChI is InChI=1S/C17H21NO3/c1-3-10-17(2)11-7-12-18(15(17)19)16(20)21-13-14-8-5-4-6-9-14/h3-6,8-9H,1,7,10-13H2,2H3/t17-/m1/s1. The van der Waals surface area contributed by atoms with E-state index in [1.54, 1.807) is 6.08 Å². The molecular formula is C17H21NO3. The number of rotatable bonds is 4. The van der Waals surface area contributed by atoms with E-state index < -0.39 is 11.5 Å². The molecule has 0 bridgehead atoms. The number of ether oxygens (including phenoxy) is 1. The van der Waals surface area contributed by atoms with Crippen LogP contribution >= 0.6 is 0 Å². The maximum Gasteiger partial charge on any atom is 0.416 e. The molecule has 112 valence electrons. The molecular weight excluding hydrogens is 266 g/mol. The summed E-state index contributed by atoms with van der Waals surface area (Å²) in [7, 11) is 0. The summed E-state index contributed by atoms with van der Waals surface area (Å²) in [5.74, 6) is -0.160. The van der Waals surface area contributed by atoms with Crippen molar-refractivity contribution in [3.63, 3.8) is 0 Å². The highest BCUT2D eigenvalue weighted by Gasteiger charge is 2.41. The van der Waals surface area contributed by atoms with Gasteiger partial charge in [-0.3, -0.25) is 4.79 Å². The zero-order valence-corrected chi connectivity index (χ0v) is 12.4. The second-order valence-corrected chi connectivity index (χ2v) is 5.65. The first kappa shape index (κ1) is 15.3. The number of piperidine rings is 1. The zero-order valence-electron chi connectivity index (χ0n) is 12.4. The second-order valence-electron chi connectivity index (χ2n) is 5.65. The number of hydrogen-bond donors (Lipinski definition) is 0. The molecule has 1 aliphatic rings. The lowest BCUT2D eigenvalue weighted by atomic mass is 9.78. The molecule has 1 aromatic carbocycles. The number of hydrogen-bond acceptors (Lipinski definition) is 3. The lowest BCUT2D eigenvalue weighted by Gasteiger charge is -2.37.